The molecular formula is C19H19N7O5S2. The van der Waals surface area contributed by atoms with Crippen molar-refractivity contribution in [1.82, 2.24) is 25.6 Å². The maximum absolute atomic E-state index is 12.8. The molecule has 3 heterocycles. The second kappa shape index (κ2) is 9.64. The van der Waals surface area contributed by atoms with Gasteiger partial charge in [-0.05, 0) is 23.3 Å². The van der Waals surface area contributed by atoms with Gasteiger partial charge >= 0.3 is 5.97 Å². The number of aliphatic carboxylic acids is 1. The van der Waals surface area contributed by atoms with Crippen LogP contribution >= 0.6 is 23.5 Å². The Bertz CT molecular complexity index is 1120. The van der Waals surface area contributed by atoms with Gasteiger partial charge in [0.25, 0.3) is 5.91 Å². The molecule has 0 spiro atoms. The number of β-lactam (4-membered cyclic amide) rings is 1. The predicted octanol–water partition coefficient (Wildman–Crippen LogP) is -0.0963. The highest BCUT2D eigenvalue weighted by Crippen LogP contribution is 2.41. The summed E-state index contributed by atoms with van der Waals surface area (Å²) < 4.78 is 0. The molecule has 14 heteroatoms. The van der Waals surface area contributed by atoms with Crippen molar-refractivity contribution in [3.05, 3.63) is 47.3 Å². The SMILES string of the molecule is NC(C(=O)NC1C(=O)N2C(C(=O)O)=C(CSc3cn[nH]n3)CS[C@H]12)c1cccc(NC=O)c1. The maximum atomic E-state index is 12.8. The number of amides is 3. The lowest BCUT2D eigenvalue weighted by Crippen LogP contribution is -2.71. The Balaban J connectivity index is 1.44. The summed E-state index contributed by atoms with van der Waals surface area (Å²) in [6, 6.07) is 4.53. The number of aromatic amines is 1. The van der Waals surface area contributed by atoms with Gasteiger partial charge in [0.2, 0.25) is 12.3 Å². The second-order valence-corrected chi connectivity index (χ2v) is 9.22. The Kier molecular flexibility index (Phi) is 6.67. The lowest BCUT2D eigenvalue weighted by atomic mass is 10.0. The maximum Gasteiger partial charge on any atom is 0.352 e. The number of carboxylic acids is 1. The van der Waals surface area contributed by atoms with E-state index in [1.807, 2.05) is 0 Å². The number of nitrogens with two attached hydrogens (primary N) is 1. The molecule has 172 valence electrons. The quantitative estimate of drug-likeness (QED) is 0.181. The normalized spacial score (nSPS) is 20.5. The van der Waals surface area contributed by atoms with Gasteiger partial charge in [0, 0.05) is 17.2 Å². The molecule has 2 aromatic rings. The Hall–Kier alpha value is -3.36. The van der Waals surface area contributed by atoms with Crippen molar-refractivity contribution in [2.45, 2.75) is 22.5 Å². The number of carboxylic acid groups (broad SMARTS) is 1. The molecule has 2 aliphatic heterocycles. The molecular weight excluding hydrogens is 470 g/mol. The zero-order chi connectivity index (χ0) is 23.5. The van der Waals surface area contributed by atoms with Crippen LogP contribution in [0.4, 0.5) is 5.69 Å². The average molecular weight is 490 g/mol. The number of anilines is 1. The van der Waals surface area contributed by atoms with E-state index in [0.717, 1.165) is 0 Å². The van der Waals surface area contributed by atoms with Crippen LogP contribution in [0, 0.1) is 0 Å². The second-order valence-electron chi connectivity index (χ2n) is 7.12. The van der Waals surface area contributed by atoms with Gasteiger partial charge in [-0.25, -0.2) is 4.79 Å². The fourth-order valence-corrected chi connectivity index (χ4v) is 5.77. The number of thioether (sulfide) groups is 2. The van der Waals surface area contributed by atoms with Crippen LogP contribution in [0.15, 0.2) is 46.8 Å². The number of hydrogen-bond acceptors (Lipinski definition) is 9. The van der Waals surface area contributed by atoms with Crippen LogP contribution in [-0.4, -0.2) is 72.5 Å². The van der Waals surface area contributed by atoms with Crippen molar-refractivity contribution in [3.8, 4) is 0 Å². The molecule has 1 aromatic heterocycles. The highest BCUT2D eigenvalue weighted by atomic mass is 32.2. The van der Waals surface area contributed by atoms with Crippen LogP contribution in [-0.2, 0) is 19.2 Å². The summed E-state index contributed by atoms with van der Waals surface area (Å²) in [5, 5.41) is 25.1. The van der Waals surface area contributed by atoms with E-state index in [4.69, 9.17) is 5.73 Å². The minimum atomic E-state index is -1.20. The fourth-order valence-electron chi connectivity index (χ4n) is 3.50. The number of nitrogens with one attached hydrogen (secondary N) is 3. The molecule has 2 aliphatic rings. The van der Waals surface area contributed by atoms with E-state index in [9.17, 15) is 24.3 Å². The lowest BCUT2D eigenvalue weighted by molar-refractivity contribution is -0.150. The topological polar surface area (TPSA) is 183 Å². The minimum Gasteiger partial charge on any atom is -0.477 e. The third-order valence-electron chi connectivity index (χ3n) is 5.09. The molecule has 0 radical (unpaired) electrons. The number of hydrogen-bond donors (Lipinski definition) is 5. The van der Waals surface area contributed by atoms with Crippen LogP contribution in [0.3, 0.4) is 0 Å². The van der Waals surface area contributed by atoms with Crippen molar-refractivity contribution < 1.29 is 24.3 Å². The minimum absolute atomic E-state index is 0.0674. The third kappa shape index (κ3) is 4.58. The first-order chi connectivity index (χ1) is 15.9. The molecule has 1 saturated heterocycles. The zero-order valence-corrected chi connectivity index (χ0v) is 18.6. The molecule has 2 unspecified atom stereocenters. The molecule has 6 N–H and O–H groups in total. The van der Waals surface area contributed by atoms with Gasteiger partial charge < -0.3 is 21.5 Å². The lowest BCUT2D eigenvalue weighted by Gasteiger charge is -2.49. The number of H-pyrrole nitrogens is 1. The van der Waals surface area contributed by atoms with Crippen molar-refractivity contribution in [3.63, 3.8) is 0 Å². The van der Waals surface area contributed by atoms with Crippen molar-refractivity contribution in [2.75, 3.05) is 16.8 Å². The first kappa shape index (κ1) is 22.8. The first-order valence-corrected chi connectivity index (χ1v) is 11.7. The number of fused-ring (bicyclic) bond motifs is 1. The van der Waals surface area contributed by atoms with Crippen molar-refractivity contribution >= 4 is 53.4 Å². The van der Waals surface area contributed by atoms with Gasteiger partial charge in [0.05, 0.1) is 6.20 Å². The number of carbonyl (C=O) groups is 4. The first-order valence-electron chi connectivity index (χ1n) is 9.65. The van der Waals surface area contributed by atoms with Crippen LogP contribution in [0.5, 0.6) is 0 Å². The average Bonchev–Trinajstić information content (AvgIpc) is 3.33. The van der Waals surface area contributed by atoms with E-state index >= 15 is 0 Å². The fraction of sp³-hybridized carbons (Fsp3) is 0.263. The highest BCUT2D eigenvalue weighted by Gasteiger charge is 2.54. The van der Waals surface area contributed by atoms with Crippen LogP contribution < -0.4 is 16.4 Å². The number of carbonyl (C=O) groups excluding carboxylic acids is 3. The number of nitrogens with zero attached hydrogens (tertiary/aromatic N) is 3. The van der Waals surface area contributed by atoms with E-state index in [0.29, 0.717) is 39.8 Å². The summed E-state index contributed by atoms with van der Waals surface area (Å²) in [5.74, 6) is -1.57. The molecule has 3 atom stereocenters. The number of rotatable bonds is 9. The third-order valence-corrected chi connectivity index (χ3v) is 7.41. The number of aromatic nitrogens is 3. The summed E-state index contributed by atoms with van der Waals surface area (Å²) in [6.45, 7) is 0. The summed E-state index contributed by atoms with van der Waals surface area (Å²) in [7, 11) is 0. The zero-order valence-electron chi connectivity index (χ0n) is 16.9. The highest BCUT2D eigenvalue weighted by molar-refractivity contribution is 8.01. The van der Waals surface area contributed by atoms with Gasteiger partial charge in [-0.15, -0.1) is 16.9 Å². The van der Waals surface area contributed by atoms with Crippen LogP contribution in [0.1, 0.15) is 11.6 Å². The van der Waals surface area contributed by atoms with E-state index < -0.39 is 35.2 Å². The van der Waals surface area contributed by atoms with Crippen LogP contribution in [0.2, 0.25) is 0 Å². The molecule has 4 rings (SSSR count). The van der Waals surface area contributed by atoms with E-state index in [1.165, 1.54) is 34.6 Å². The van der Waals surface area contributed by atoms with Crippen molar-refractivity contribution in [1.29, 1.82) is 0 Å². The van der Waals surface area contributed by atoms with Crippen LogP contribution in [0.25, 0.3) is 0 Å². The van der Waals surface area contributed by atoms with Gasteiger partial charge in [-0.2, -0.15) is 10.3 Å². The molecule has 1 fully saturated rings. The molecule has 12 nitrogen and oxygen atoms in total. The molecule has 1 aromatic carbocycles. The largest absolute Gasteiger partial charge is 0.477 e. The molecule has 3 amide bonds. The Morgan fingerprint density at radius 2 is 2.27 bits per heavy atom. The summed E-state index contributed by atoms with van der Waals surface area (Å²) in [6.07, 6.45) is 2.04. The summed E-state index contributed by atoms with van der Waals surface area (Å²) in [5.41, 5.74) is 7.50. The van der Waals surface area contributed by atoms with E-state index in [1.54, 1.807) is 24.3 Å². The standard InChI is InChI=1S/C19H19N7O5S2/c20-13(9-2-1-3-11(4-9)21-8-27)16(28)23-14-17(29)26-15(19(30)31)10(7-33-18(14)26)6-32-12-5-22-25-24-12/h1-5,8,13-14,18H,6-7,20H2,(H,21,27)(H,23,28)(H,30,31)(H,22,24,25)/t13?,14?,18-/m1/s1. The molecule has 0 saturated carbocycles. The van der Waals surface area contributed by atoms with E-state index in [-0.39, 0.29) is 5.70 Å². The van der Waals surface area contributed by atoms with Gasteiger partial charge in [-0.3, -0.25) is 19.3 Å². The van der Waals surface area contributed by atoms with Gasteiger partial charge in [-0.1, -0.05) is 23.9 Å². The van der Waals surface area contributed by atoms with Gasteiger partial charge in [0.15, 0.2) is 0 Å². The van der Waals surface area contributed by atoms with Gasteiger partial charge in [0.1, 0.15) is 28.2 Å². The Labute approximate surface area is 195 Å². The number of benzene rings is 1. The molecule has 0 bridgehead atoms. The molecule has 33 heavy (non-hydrogen) atoms. The Morgan fingerprint density at radius 1 is 1.45 bits per heavy atom. The monoisotopic (exact) mass is 489 g/mol. The molecule has 0 aliphatic carbocycles. The predicted molar refractivity (Wildman–Crippen MR) is 120 cm³/mol. The summed E-state index contributed by atoms with van der Waals surface area (Å²) in [4.78, 5) is 49.3. The van der Waals surface area contributed by atoms with Crippen molar-refractivity contribution in [2.24, 2.45) is 5.73 Å². The van der Waals surface area contributed by atoms with E-state index in [2.05, 4.69) is 26.0 Å². The Morgan fingerprint density at radius 3 is 2.97 bits per heavy atom. The smallest absolute Gasteiger partial charge is 0.352 e. The summed E-state index contributed by atoms with van der Waals surface area (Å²) >= 11 is 2.68.